The van der Waals surface area contributed by atoms with E-state index >= 15 is 0 Å². The highest BCUT2D eigenvalue weighted by Crippen LogP contribution is 2.28. The minimum atomic E-state index is -1.07. The Morgan fingerprint density at radius 1 is 1.32 bits per heavy atom. The normalized spacial score (nSPS) is 29.4. The quantitative estimate of drug-likeness (QED) is 0.758. The largest absolute Gasteiger partial charge is 0.477 e. The second-order valence-corrected chi connectivity index (χ2v) is 5.08. The molecule has 3 saturated heterocycles. The van der Waals surface area contributed by atoms with Crippen LogP contribution < -0.4 is 5.73 Å². The molecule has 19 heavy (non-hydrogen) atoms. The van der Waals surface area contributed by atoms with Gasteiger partial charge in [-0.2, -0.15) is 0 Å². The molecule has 3 aliphatic heterocycles. The van der Waals surface area contributed by atoms with Gasteiger partial charge in [0.05, 0.1) is 11.7 Å². The molecule has 0 radical (unpaired) electrons. The predicted molar refractivity (Wildman–Crippen MR) is 68.9 cm³/mol. The van der Waals surface area contributed by atoms with Gasteiger partial charge in [-0.1, -0.05) is 0 Å². The van der Waals surface area contributed by atoms with Gasteiger partial charge in [-0.05, 0) is 6.92 Å². The second kappa shape index (κ2) is 4.43. The van der Waals surface area contributed by atoms with E-state index in [9.17, 15) is 4.79 Å². The lowest BCUT2D eigenvalue weighted by molar-refractivity contribution is 0.00862. The highest BCUT2D eigenvalue weighted by molar-refractivity contribution is 5.93. The summed E-state index contributed by atoms with van der Waals surface area (Å²) < 4.78 is 0. The number of nitrogens with zero attached hydrogens (tertiary/aromatic N) is 4. The van der Waals surface area contributed by atoms with Crippen molar-refractivity contribution in [3.05, 3.63) is 17.1 Å². The molecular formula is C12H17N5O2. The number of anilines is 1. The molecule has 3 fully saturated rings. The molecule has 4 heterocycles. The molecule has 3 N–H and O–H groups in total. The number of carboxylic acid groups (broad SMARTS) is 1. The minimum absolute atomic E-state index is 0.0139. The first kappa shape index (κ1) is 12.3. The first-order valence-corrected chi connectivity index (χ1v) is 6.40. The van der Waals surface area contributed by atoms with Crippen molar-refractivity contribution in [1.29, 1.82) is 0 Å². The van der Waals surface area contributed by atoms with Crippen LogP contribution in [0.3, 0.4) is 0 Å². The van der Waals surface area contributed by atoms with Gasteiger partial charge < -0.3 is 10.8 Å². The number of rotatable bonds is 2. The van der Waals surface area contributed by atoms with Crippen LogP contribution in [0.25, 0.3) is 0 Å². The maximum Gasteiger partial charge on any atom is 0.341 e. The van der Waals surface area contributed by atoms with E-state index in [1.807, 2.05) is 0 Å². The molecule has 0 aromatic carbocycles. The van der Waals surface area contributed by atoms with E-state index in [4.69, 9.17) is 10.8 Å². The van der Waals surface area contributed by atoms with Gasteiger partial charge in [0.15, 0.2) is 0 Å². The fourth-order valence-corrected chi connectivity index (χ4v) is 2.89. The zero-order valence-corrected chi connectivity index (χ0v) is 10.8. The van der Waals surface area contributed by atoms with Crippen molar-refractivity contribution in [1.82, 2.24) is 19.8 Å². The first-order chi connectivity index (χ1) is 9.06. The van der Waals surface area contributed by atoms with Gasteiger partial charge in [0.1, 0.15) is 17.2 Å². The fraction of sp³-hybridized carbons (Fsp3) is 0.583. The Balaban J connectivity index is 1.96. The summed E-state index contributed by atoms with van der Waals surface area (Å²) in [5.74, 6) is -0.368. The number of hydrogen-bond acceptors (Lipinski definition) is 6. The maximum atomic E-state index is 11.1. The van der Waals surface area contributed by atoms with Gasteiger partial charge in [0, 0.05) is 32.7 Å². The predicted octanol–water partition coefficient (Wildman–Crippen LogP) is -0.262. The summed E-state index contributed by atoms with van der Waals surface area (Å²) in [7, 11) is 0. The van der Waals surface area contributed by atoms with E-state index in [0.717, 1.165) is 32.7 Å². The van der Waals surface area contributed by atoms with E-state index in [2.05, 4.69) is 19.8 Å². The monoisotopic (exact) mass is 263 g/mol. The van der Waals surface area contributed by atoms with Crippen LogP contribution in [0.5, 0.6) is 0 Å². The van der Waals surface area contributed by atoms with Crippen molar-refractivity contribution in [3.8, 4) is 0 Å². The molecule has 0 spiro atoms. The van der Waals surface area contributed by atoms with Crippen molar-refractivity contribution in [2.75, 3.05) is 38.5 Å². The Morgan fingerprint density at radius 3 is 2.47 bits per heavy atom. The third-order valence-electron chi connectivity index (χ3n) is 3.93. The van der Waals surface area contributed by atoms with Crippen LogP contribution in [0.4, 0.5) is 5.82 Å². The molecular weight excluding hydrogens is 246 g/mol. The molecule has 7 heteroatoms. The zero-order chi connectivity index (χ0) is 13.6. The third kappa shape index (κ3) is 2.04. The molecule has 3 aliphatic rings. The van der Waals surface area contributed by atoms with Crippen molar-refractivity contribution in [3.63, 3.8) is 0 Å². The zero-order valence-electron chi connectivity index (χ0n) is 10.8. The third-order valence-corrected chi connectivity index (χ3v) is 3.93. The van der Waals surface area contributed by atoms with E-state index in [1.54, 1.807) is 6.92 Å². The second-order valence-electron chi connectivity index (χ2n) is 5.08. The van der Waals surface area contributed by atoms with Gasteiger partial charge in [0.2, 0.25) is 0 Å². The van der Waals surface area contributed by atoms with E-state index in [0.29, 0.717) is 11.5 Å². The summed E-state index contributed by atoms with van der Waals surface area (Å²) in [6, 6.07) is 0.131. The highest BCUT2D eigenvalue weighted by Gasteiger charge is 2.35. The molecule has 102 valence electrons. The lowest BCUT2D eigenvalue weighted by Gasteiger charge is -2.46. The minimum Gasteiger partial charge on any atom is -0.477 e. The number of piperazine rings is 3. The van der Waals surface area contributed by atoms with E-state index in [1.165, 1.54) is 0 Å². The molecule has 1 aromatic heterocycles. The number of hydrogen-bond donors (Lipinski definition) is 2. The summed E-state index contributed by atoms with van der Waals surface area (Å²) >= 11 is 0. The molecule has 7 nitrogen and oxygen atoms in total. The Hall–Kier alpha value is -1.73. The Labute approximate surface area is 111 Å². The smallest absolute Gasteiger partial charge is 0.341 e. The number of carboxylic acids is 1. The molecule has 0 amide bonds. The fourth-order valence-electron chi connectivity index (χ4n) is 2.89. The lowest BCUT2D eigenvalue weighted by Crippen LogP contribution is -2.57. The van der Waals surface area contributed by atoms with Crippen molar-refractivity contribution in [2.24, 2.45) is 0 Å². The summed E-state index contributed by atoms with van der Waals surface area (Å²) in [4.78, 5) is 24.4. The number of fused-ring (bicyclic) bond motifs is 3. The van der Waals surface area contributed by atoms with Crippen LogP contribution in [0.2, 0.25) is 0 Å². The number of aromatic carboxylic acids is 1. The van der Waals surface area contributed by atoms with Gasteiger partial charge in [-0.3, -0.25) is 9.80 Å². The highest BCUT2D eigenvalue weighted by atomic mass is 16.4. The van der Waals surface area contributed by atoms with Crippen LogP contribution in [-0.2, 0) is 0 Å². The van der Waals surface area contributed by atoms with Gasteiger partial charge in [-0.15, -0.1) is 0 Å². The number of aromatic nitrogens is 2. The summed E-state index contributed by atoms with van der Waals surface area (Å²) in [6.07, 6.45) is 0. The number of aryl methyl sites for hydroxylation is 1. The molecule has 1 aromatic rings. The first-order valence-electron chi connectivity index (χ1n) is 6.40. The topological polar surface area (TPSA) is 95.6 Å². The Kier molecular flexibility index (Phi) is 2.87. The van der Waals surface area contributed by atoms with E-state index < -0.39 is 5.97 Å². The summed E-state index contributed by atoms with van der Waals surface area (Å²) in [5, 5.41) is 9.07. The van der Waals surface area contributed by atoms with Gasteiger partial charge in [-0.25, -0.2) is 14.8 Å². The Morgan fingerprint density at radius 2 is 2.00 bits per heavy atom. The molecule has 1 unspecified atom stereocenters. The van der Waals surface area contributed by atoms with Crippen LogP contribution in [0.15, 0.2) is 0 Å². The van der Waals surface area contributed by atoms with Crippen LogP contribution >= 0.6 is 0 Å². The van der Waals surface area contributed by atoms with Crippen molar-refractivity contribution in [2.45, 2.75) is 13.0 Å². The summed E-state index contributed by atoms with van der Waals surface area (Å²) in [6.45, 7) is 6.74. The van der Waals surface area contributed by atoms with Crippen LogP contribution in [0.1, 0.15) is 27.9 Å². The standard InChI is InChI=1S/C12H17N5O2/c1-7-9(12(18)19)10(13)15-11(14-7)8-6-16-2-4-17(8)5-3-16/h8H,2-6H2,1H3,(H,18,19)(H2,13,14,15). The number of nitrogens with two attached hydrogens (primary N) is 1. The molecule has 4 rings (SSSR count). The molecule has 0 aliphatic carbocycles. The average Bonchev–Trinajstić information content (AvgIpc) is 2.38. The van der Waals surface area contributed by atoms with Crippen molar-refractivity contribution < 1.29 is 9.90 Å². The SMILES string of the molecule is Cc1nc(C2CN3CCN2CC3)nc(N)c1C(=O)O. The maximum absolute atomic E-state index is 11.1. The van der Waals surface area contributed by atoms with Gasteiger partial charge >= 0.3 is 5.97 Å². The molecule has 2 bridgehead atoms. The Bertz CT molecular complexity index is 502. The summed E-state index contributed by atoms with van der Waals surface area (Å²) in [5.41, 5.74) is 6.22. The van der Waals surface area contributed by atoms with Crippen LogP contribution in [-0.4, -0.2) is 63.6 Å². The van der Waals surface area contributed by atoms with Crippen LogP contribution in [0, 0.1) is 6.92 Å². The number of carbonyl (C=O) groups is 1. The molecule has 0 saturated carbocycles. The number of nitrogen functional groups attached to an aromatic ring is 1. The van der Waals surface area contributed by atoms with E-state index in [-0.39, 0.29) is 17.4 Å². The molecule has 1 atom stereocenters. The van der Waals surface area contributed by atoms with Crippen molar-refractivity contribution >= 4 is 11.8 Å². The van der Waals surface area contributed by atoms with Gasteiger partial charge in [0.25, 0.3) is 0 Å². The lowest BCUT2D eigenvalue weighted by atomic mass is 10.1. The average molecular weight is 263 g/mol.